The third-order valence-corrected chi connectivity index (χ3v) is 5.10. The van der Waals surface area contributed by atoms with Gasteiger partial charge in [-0.05, 0) is 31.9 Å². The second kappa shape index (κ2) is 6.79. The average Bonchev–Trinajstić information content (AvgIpc) is 3.08. The lowest BCUT2D eigenvalue weighted by Crippen LogP contribution is -2.36. The van der Waals surface area contributed by atoms with Crippen LogP contribution in [0.4, 0.5) is 0 Å². The molecule has 0 radical (unpaired) electrons. The minimum Gasteiger partial charge on any atom is -0.464 e. The van der Waals surface area contributed by atoms with Crippen molar-refractivity contribution in [3.8, 4) is 0 Å². The monoisotopic (exact) mass is 332 g/mol. The van der Waals surface area contributed by atoms with Gasteiger partial charge in [-0.2, -0.15) is 0 Å². The highest BCUT2D eigenvalue weighted by Gasteiger charge is 2.47. The molecule has 0 N–H and O–H groups in total. The van der Waals surface area contributed by atoms with Crippen LogP contribution < -0.4 is 0 Å². The van der Waals surface area contributed by atoms with E-state index in [1.807, 2.05) is 19.1 Å². The highest BCUT2D eigenvalue weighted by atomic mass is 16.3. The number of carbonyl (C=O) groups excluding carboxylic acids is 3. The number of rotatable bonds is 5. The molecule has 2 aliphatic rings. The Morgan fingerprint density at radius 2 is 1.83 bits per heavy atom. The lowest BCUT2D eigenvalue weighted by atomic mass is 9.81. The number of furan rings is 1. The molecule has 6 heteroatoms. The van der Waals surface area contributed by atoms with Crippen LogP contribution in [0.1, 0.15) is 43.6 Å². The molecule has 1 aliphatic heterocycles. The first-order chi connectivity index (χ1) is 11.5. The number of amides is 3. The summed E-state index contributed by atoms with van der Waals surface area (Å²) in [6.45, 7) is 2.43. The van der Waals surface area contributed by atoms with Crippen LogP contribution in [-0.4, -0.2) is 41.1 Å². The van der Waals surface area contributed by atoms with Gasteiger partial charge in [-0.15, -0.1) is 0 Å². The number of imide groups is 1. The minimum atomic E-state index is -0.148. The Morgan fingerprint density at radius 3 is 2.38 bits per heavy atom. The van der Waals surface area contributed by atoms with E-state index in [1.54, 1.807) is 11.9 Å². The highest BCUT2D eigenvalue weighted by Crippen LogP contribution is 2.37. The van der Waals surface area contributed by atoms with Crippen LogP contribution in [0.3, 0.4) is 0 Å². The predicted molar refractivity (Wildman–Crippen MR) is 86.7 cm³/mol. The maximum atomic E-state index is 12.4. The van der Waals surface area contributed by atoms with Crippen molar-refractivity contribution in [3.63, 3.8) is 0 Å². The van der Waals surface area contributed by atoms with Crippen LogP contribution in [0.25, 0.3) is 0 Å². The van der Waals surface area contributed by atoms with Crippen molar-refractivity contribution in [1.29, 1.82) is 0 Å². The van der Waals surface area contributed by atoms with E-state index in [2.05, 4.69) is 0 Å². The van der Waals surface area contributed by atoms with Crippen molar-refractivity contribution in [1.82, 2.24) is 9.80 Å². The van der Waals surface area contributed by atoms with Gasteiger partial charge in [0.05, 0.1) is 18.4 Å². The summed E-state index contributed by atoms with van der Waals surface area (Å²) in [6.07, 6.45) is 3.79. The van der Waals surface area contributed by atoms with Crippen LogP contribution in [0.15, 0.2) is 16.5 Å². The van der Waals surface area contributed by atoms with E-state index in [0.29, 0.717) is 6.54 Å². The van der Waals surface area contributed by atoms with Crippen molar-refractivity contribution >= 4 is 17.7 Å². The molecule has 6 nitrogen and oxygen atoms in total. The van der Waals surface area contributed by atoms with Crippen LogP contribution in [0.5, 0.6) is 0 Å². The Labute approximate surface area is 141 Å². The van der Waals surface area contributed by atoms with E-state index in [4.69, 9.17) is 4.42 Å². The molecular weight excluding hydrogens is 308 g/mol. The lowest BCUT2D eigenvalue weighted by Gasteiger charge is -2.19. The molecule has 1 aromatic rings. The molecule has 0 unspecified atom stereocenters. The van der Waals surface area contributed by atoms with Crippen molar-refractivity contribution in [2.45, 2.75) is 45.6 Å². The van der Waals surface area contributed by atoms with Gasteiger partial charge in [0.15, 0.2) is 0 Å². The highest BCUT2D eigenvalue weighted by molar-refractivity contribution is 6.05. The Kier molecular flexibility index (Phi) is 4.73. The van der Waals surface area contributed by atoms with Crippen LogP contribution in [0, 0.1) is 18.8 Å². The van der Waals surface area contributed by atoms with Gasteiger partial charge in [0.1, 0.15) is 11.5 Å². The third-order valence-electron chi connectivity index (χ3n) is 5.10. The number of likely N-dealkylation sites (tertiary alicyclic amines) is 1. The Hall–Kier alpha value is -2.11. The standard InChI is InChI=1S/C18H24N2O4/c1-12-7-8-13(24-12)11-19(2)16(21)9-10-20-17(22)14-5-3-4-6-15(14)18(20)23/h7-8,14-15H,3-6,9-11H2,1-2H3/t14-,15-/m1/s1. The molecule has 2 atom stereocenters. The summed E-state index contributed by atoms with van der Waals surface area (Å²) >= 11 is 0. The molecule has 0 aromatic carbocycles. The molecule has 1 saturated carbocycles. The second-order valence-electron chi connectivity index (χ2n) is 6.84. The largest absolute Gasteiger partial charge is 0.464 e. The molecule has 1 aromatic heterocycles. The van der Waals surface area contributed by atoms with E-state index in [-0.39, 0.29) is 42.5 Å². The van der Waals surface area contributed by atoms with E-state index in [1.165, 1.54) is 4.90 Å². The molecule has 3 rings (SSSR count). The van der Waals surface area contributed by atoms with Crippen LogP contribution in [-0.2, 0) is 20.9 Å². The molecule has 0 bridgehead atoms. The molecule has 3 amide bonds. The molecule has 130 valence electrons. The van der Waals surface area contributed by atoms with Gasteiger partial charge in [-0.1, -0.05) is 12.8 Å². The van der Waals surface area contributed by atoms with Gasteiger partial charge >= 0.3 is 0 Å². The topological polar surface area (TPSA) is 70.8 Å². The number of hydrogen-bond acceptors (Lipinski definition) is 4. The summed E-state index contributed by atoms with van der Waals surface area (Å²) < 4.78 is 5.47. The molecule has 2 fully saturated rings. The smallest absolute Gasteiger partial charge is 0.233 e. The quantitative estimate of drug-likeness (QED) is 0.774. The van der Waals surface area contributed by atoms with Gasteiger partial charge in [0.2, 0.25) is 17.7 Å². The molecule has 1 aliphatic carbocycles. The van der Waals surface area contributed by atoms with Gasteiger partial charge < -0.3 is 9.32 Å². The fourth-order valence-corrected chi connectivity index (χ4v) is 3.74. The average molecular weight is 332 g/mol. The number of nitrogens with zero attached hydrogens (tertiary/aromatic N) is 2. The molecule has 0 spiro atoms. The zero-order valence-corrected chi connectivity index (χ0v) is 14.3. The normalized spacial score (nSPS) is 23.5. The maximum absolute atomic E-state index is 12.4. The number of fused-ring (bicyclic) bond motifs is 1. The number of aryl methyl sites for hydroxylation is 1. The summed E-state index contributed by atoms with van der Waals surface area (Å²) in [5.74, 6) is 0.975. The number of carbonyl (C=O) groups is 3. The Bertz CT molecular complexity index is 627. The number of hydrogen-bond donors (Lipinski definition) is 0. The SMILES string of the molecule is Cc1ccc(CN(C)C(=O)CCN2C(=O)[C@@H]3CCCC[C@H]3C2=O)o1. The first kappa shape index (κ1) is 16.7. The zero-order valence-electron chi connectivity index (χ0n) is 14.3. The van der Waals surface area contributed by atoms with Gasteiger partial charge in [-0.25, -0.2) is 0 Å². The van der Waals surface area contributed by atoms with E-state index < -0.39 is 0 Å². The fourth-order valence-electron chi connectivity index (χ4n) is 3.74. The summed E-state index contributed by atoms with van der Waals surface area (Å²) in [5, 5.41) is 0. The third kappa shape index (κ3) is 3.23. The lowest BCUT2D eigenvalue weighted by molar-refractivity contribution is -0.140. The van der Waals surface area contributed by atoms with Crippen LogP contribution in [0.2, 0.25) is 0 Å². The molecular formula is C18H24N2O4. The first-order valence-electron chi connectivity index (χ1n) is 8.62. The van der Waals surface area contributed by atoms with E-state index in [0.717, 1.165) is 37.2 Å². The van der Waals surface area contributed by atoms with E-state index in [9.17, 15) is 14.4 Å². The summed E-state index contributed by atoms with van der Waals surface area (Å²) in [4.78, 5) is 39.9. The summed E-state index contributed by atoms with van der Waals surface area (Å²) in [5.41, 5.74) is 0. The van der Waals surface area contributed by atoms with Gasteiger partial charge in [-0.3, -0.25) is 19.3 Å². The zero-order chi connectivity index (χ0) is 17.3. The van der Waals surface area contributed by atoms with Crippen molar-refractivity contribution in [3.05, 3.63) is 23.7 Å². The van der Waals surface area contributed by atoms with Gasteiger partial charge in [0, 0.05) is 20.0 Å². The summed E-state index contributed by atoms with van der Waals surface area (Å²) in [6, 6.07) is 3.70. The Morgan fingerprint density at radius 1 is 1.21 bits per heavy atom. The fraction of sp³-hybridized carbons (Fsp3) is 0.611. The summed E-state index contributed by atoms with van der Waals surface area (Å²) in [7, 11) is 1.70. The van der Waals surface area contributed by atoms with Gasteiger partial charge in [0.25, 0.3) is 0 Å². The van der Waals surface area contributed by atoms with Crippen molar-refractivity contribution < 1.29 is 18.8 Å². The minimum absolute atomic E-state index is 0.0817. The molecule has 24 heavy (non-hydrogen) atoms. The second-order valence-corrected chi connectivity index (χ2v) is 6.84. The maximum Gasteiger partial charge on any atom is 0.233 e. The predicted octanol–water partition coefficient (Wildman–Crippen LogP) is 2.11. The van der Waals surface area contributed by atoms with E-state index >= 15 is 0 Å². The Balaban J connectivity index is 1.54. The first-order valence-corrected chi connectivity index (χ1v) is 8.62. The van der Waals surface area contributed by atoms with Crippen molar-refractivity contribution in [2.75, 3.05) is 13.6 Å². The van der Waals surface area contributed by atoms with Crippen LogP contribution >= 0.6 is 0 Å². The van der Waals surface area contributed by atoms with Crippen molar-refractivity contribution in [2.24, 2.45) is 11.8 Å². The molecule has 1 saturated heterocycles. The molecule has 2 heterocycles.